The molecule has 0 aliphatic heterocycles. The summed E-state index contributed by atoms with van der Waals surface area (Å²) in [6, 6.07) is 0. The smallest absolute Gasteiger partial charge is 0.185 e. The maximum atomic E-state index is 12.7. The lowest BCUT2D eigenvalue weighted by atomic mass is 10.1. The fraction of sp³-hybridized carbons (Fsp3) is 0.333. The van der Waals surface area contributed by atoms with E-state index in [0.717, 1.165) is 0 Å². The largest absolute Gasteiger partial charge is 0.227 e. The molecule has 1 aliphatic carbocycles. The molecule has 0 nitrogen and oxygen atoms in total. The summed E-state index contributed by atoms with van der Waals surface area (Å²) >= 11 is 1.57. The Kier molecular flexibility index (Phi) is 1.88. The predicted molar refractivity (Wildman–Crippen MR) is 40.8 cm³/mol. The highest BCUT2D eigenvalue weighted by Crippen LogP contribution is 2.33. The summed E-state index contributed by atoms with van der Waals surface area (Å²) < 4.78 is 23.5. The molecule has 0 aromatic heterocycles. The van der Waals surface area contributed by atoms with E-state index in [2.05, 4.69) is 0 Å². The standard InChI is InChI=1S/C6H5F2I/c7-5-2-1-3-6(8,9)4-5/h1-3H,4H2. The first-order valence-electron chi connectivity index (χ1n) is 2.52. The van der Waals surface area contributed by atoms with Gasteiger partial charge in [0, 0.05) is 6.42 Å². The third kappa shape index (κ3) is 2.04. The van der Waals surface area contributed by atoms with E-state index < -0.39 is 9.50 Å². The SMILES string of the molecule is FC1=CC=CC(F)(I)C1. The van der Waals surface area contributed by atoms with Gasteiger partial charge in [0.25, 0.3) is 0 Å². The van der Waals surface area contributed by atoms with Gasteiger partial charge in [0.15, 0.2) is 3.68 Å². The molecule has 1 rings (SSSR count). The highest BCUT2D eigenvalue weighted by molar-refractivity contribution is 14.1. The van der Waals surface area contributed by atoms with E-state index in [9.17, 15) is 8.78 Å². The Balaban J connectivity index is 2.73. The molecule has 0 radical (unpaired) electrons. The normalized spacial score (nSPS) is 34.3. The van der Waals surface area contributed by atoms with Gasteiger partial charge in [0.05, 0.1) is 0 Å². The van der Waals surface area contributed by atoms with Crippen LogP contribution >= 0.6 is 22.6 Å². The van der Waals surface area contributed by atoms with Crippen LogP contribution < -0.4 is 0 Å². The first kappa shape index (κ1) is 7.18. The van der Waals surface area contributed by atoms with Crippen LogP contribution in [-0.2, 0) is 0 Å². The minimum absolute atomic E-state index is 0.135. The molecule has 9 heavy (non-hydrogen) atoms. The topological polar surface area (TPSA) is 0 Å². The van der Waals surface area contributed by atoms with Crippen molar-refractivity contribution in [1.82, 2.24) is 0 Å². The molecule has 0 fully saturated rings. The van der Waals surface area contributed by atoms with E-state index in [-0.39, 0.29) is 6.42 Å². The van der Waals surface area contributed by atoms with Crippen LogP contribution in [0.25, 0.3) is 0 Å². The average molecular weight is 242 g/mol. The summed E-state index contributed by atoms with van der Waals surface area (Å²) in [6.07, 6.45) is 3.88. The maximum absolute atomic E-state index is 12.7. The zero-order valence-electron chi connectivity index (χ0n) is 4.57. The Labute approximate surface area is 65.8 Å². The lowest BCUT2D eigenvalue weighted by Gasteiger charge is -2.14. The van der Waals surface area contributed by atoms with Crippen LogP contribution in [0.4, 0.5) is 8.78 Å². The maximum Gasteiger partial charge on any atom is 0.185 e. The van der Waals surface area contributed by atoms with Crippen molar-refractivity contribution in [1.29, 1.82) is 0 Å². The number of hydrogen-bond donors (Lipinski definition) is 0. The van der Waals surface area contributed by atoms with Gasteiger partial charge in [-0.05, 0) is 34.7 Å². The van der Waals surface area contributed by atoms with Crippen molar-refractivity contribution in [3.05, 3.63) is 24.1 Å². The Morgan fingerprint density at radius 1 is 1.67 bits per heavy atom. The second-order valence-electron chi connectivity index (χ2n) is 1.91. The van der Waals surface area contributed by atoms with Crippen molar-refractivity contribution in [2.45, 2.75) is 10.1 Å². The van der Waals surface area contributed by atoms with Gasteiger partial charge in [-0.2, -0.15) is 0 Å². The highest BCUT2D eigenvalue weighted by Gasteiger charge is 2.25. The third-order valence-electron chi connectivity index (χ3n) is 1.02. The Hall–Kier alpha value is 0.0700. The van der Waals surface area contributed by atoms with E-state index in [1.807, 2.05) is 0 Å². The molecule has 0 aromatic rings. The van der Waals surface area contributed by atoms with Crippen LogP contribution in [0.15, 0.2) is 24.1 Å². The van der Waals surface area contributed by atoms with Gasteiger partial charge in [0.1, 0.15) is 5.83 Å². The number of hydrogen-bond acceptors (Lipinski definition) is 0. The fourth-order valence-electron chi connectivity index (χ4n) is 0.636. The molecule has 1 atom stereocenters. The molecule has 0 aromatic carbocycles. The van der Waals surface area contributed by atoms with Gasteiger partial charge in [0.2, 0.25) is 0 Å². The van der Waals surface area contributed by atoms with Crippen LogP contribution in [0.5, 0.6) is 0 Å². The van der Waals surface area contributed by atoms with E-state index in [1.165, 1.54) is 18.2 Å². The number of rotatable bonds is 0. The second kappa shape index (κ2) is 2.36. The van der Waals surface area contributed by atoms with E-state index in [1.54, 1.807) is 22.6 Å². The third-order valence-corrected chi connectivity index (χ3v) is 1.76. The highest BCUT2D eigenvalue weighted by atomic mass is 127. The molecule has 0 spiro atoms. The summed E-state index contributed by atoms with van der Waals surface area (Å²) in [5.74, 6) is -0.394. The molecule has 3 heteroatoms. The van der Waals surface area contributed by atoms with Gasteiger partial charge in [-0.15, -0.1) is 0 Å². The molecule has 1 unspecified atom stereocenters. The lowest BCUT2D eigenvalue weighted by molar-refractivity contribution is 0.350. The van der Waals surface area contributed by atoms with Crippen LogP contribution in [0, 0.1) is 0 Å². The molecule has 1 aliphatic rings. The molecular weight excluding hydrogens is 237 g/mol. The lowest BCUT2D eigenvalue weighted by Crippen LogP contribution is -2.11. The molecule has 0 N–H and O–H groups in total. The van der Waals surface area contributed by atoms with Crippen molar-refractivity contribution >= 4 is 22.6 Å². The molecule has 0 heterocycles. The number of alkyl halides is 2. The van der Waals surface area contributed by atoms with Gasteiger partial charge in [-0.3, -0.25) is 0 Å². The first-order valence-corrected chi connectivity index (χ1v) is 3.60. The van der Waals surface area contributed by atoms with Gasteiger partial charge in [-0.1, -0.05) is 6.08 Å². The Bertz CT molecular complexity index is 170. The van der Waals surface area contributed by atoms with Crippen molar-refractivity contribution in [2.75, 3.05) is 0 Å². The number of halogens is 3. The summed E-state index contributed by atoms with van der Waals surface area (Å²) in [5.41, 5.74) is 0. The van der Waals surface area contributed by atoms with Crippen molar-refractivity contribution in [3.8, 4) is 0 Å². The summed E-state index contributed by atoms with van der Waals surface area (Å²) in [6.45, 7) is 0. The zero-order chi connectivity index (χ0) is 6.91. The molecule has 0 bridgehead atoms. The predicted octanol–water partition coefficient (Wildman–Crippen LogP) is 2.90. The van der Waals surface area contributed by atoms with Crippen LogP contribution in [0.3, 0.4) is 0 Å². The van der Waals surface area contributed by atoms with Crippen LogP contribution in [-0.4, -0.2) is 3.68 Å². The minimum atomic E-state index is -1.50. The second-order valence-corrected chi connectivity index (χ2v) is 3.70. The molecule has 0 saturated carbocycles. The van der Waals surface area contributed by atoms with Crippen molar-refractivity contribution in [2.24, 2.45) is 0 Å². The van der Waals surface area contributed by atoms with Crippen LogP contribution in [0.1, 0.15) is 6.42 Å². The fourth-order valence-corrected chi connectivity index (χ4v) is 1.21. The first-order chi connectivity index (χ1) is 4.10. The Morgan fingerprint density at radius 2 is 2.33 bits per heavy atom. The van der Waals surface area contributed by atoms with Crippen molar-refractivity contribution < 1.29 is 8.78 Å². The monoisotopic (exact) mass is 242 g/mol. The summed E-state index contributed by atoms with van der Waals surface area (Å²) in [5, 5.41) is 0. The molecule has 0 amide bonds. The average Bonchev–Trinajstić information content (AvgIpc) is 1.60. The van der Waals surface area contributed by atoms with Gasteiger partial charge in [-0.25, -0.2) is 8.78 Å². The minimum Gasteiger partial charge on any atom is -0.227 e. The summed E-state index contributed by atoms with van der Waals surface area (Å²) in [4.78, 5) is 0. The molecule has 0 saturated heterocycles. The number of allylic oxidation sites excluding steroid dienone is 4. The van der Waals surface area contributed by atoms with E-state index in [4.69, 9.17) is 0 Å². The zero-order valence-corrected chi connectivity index (χ0v) is 6.73. The Morgan fingerprint density at radius 3 is 2.67 bits per heavy atom. The van der Waals surface area contributed by atoms with Crippen molar-refractivity contribution in [3.63, 3.8) is 0 Å². The summed E-state index contributed by atoms with van der Waals surface area (Å²) in [7, 11) is 0. The quantitative estimate of drug-likeness (QED) is 0.452. The van der Waals surface area contributed by atoms with Crippen LogP contribution in [0.2, 0.25) is 0 Å². The van der Waals surface area contributed by atoms with E-state index in [0.29, 0.717) is 0 Å². The molecule has 50 valence electrons. The van der Waals surface area contributed by atoms with Gasteiger partial charge >= 0.3 is 0 Å². The van der Waals surface area contributed by atoms with E-state index >= 15 is 0 Å². The van der Waals surface area contributed by atoms with Gasteiger partial charge < -0.3 is 0 Å². The molecular formula is C6H5F2I.